The highest BCUT2D eigenvalue weighted by Crippen LogP contribution is 2.39. The molecule has 1 heterocycles. The molecule has 0 saturated heterocycles. The van der Waals surface area contributed by atoms with Crippen LogP contribution < -0.4 is 24.2 Å². The predicted molar refractivity (Wildman–Crippen MR) is 111 cm³/mol. The van der Waals surface area contributed by atoms with Crippen molar-refractivity contribution in [2.45, 2.75) is 36.6 Å². The van der Waals surface area contributed by atoms with Crippen LogP contribution in [0.1, 0.15) is 36.0 Å². The number of amides is 1. The number of carbonyl (C=O) groups excluding carboxylic acids is 1. The average Bonchev–Trinajstić information content (AvgIpc) is 3.39. The number of sulfonamides is 1. The van der Waals surface area contributed by atoms with Crippen molar-refractivity contribution >= 4 is 33.2 Å². The molecule has 8 nitrogen and oxygen atoms in total. The van der Waals surface area contributed by atoms with Gasteiger partial charge in [-0.1, -0.05) is 24.4 Å². The highest BCUT2D eigenvalue weighted by atomic mass is 35.5. The van der Waals surface area contributed by atoms with Crippen molar-refractivity contribution in [3.8, 4) is 17.2 Å². The van der Waals surface area contributed by atoms with Crippen molar-refractivity contribution in [1.82, 2.24) is 4.72 Å². The maximum Gasteiger partial charge on any atom is 0.255 e. The average molecular weight is 453 g/mol. The van der Waals surface area contributed by atoms with Gasteiger partial charge in [0.05, 0.1) is 17.8 Å². The first-order valence-electron chi connectivity index (χ1n) is 9.48. The molecule has 2 aromatic carbocycles. The number of hydrogen-bond acceptors (Lipinski definition) is 6. The van der Waals surface area contributed by atoms with Gasteiger partial charge in [-0.05, 0) is 31.0 Å². The Morgan fingerprint density at radius 1 is 1.13 bits per heavy atom. The summed E-state index contributed by atoms with van der Waals surface area (Å²) in [6.45, 7) is 0.0801. The molecule has 160 valence electrons. The van der Waals surface area contributed by atoms with Crippen LogP contribution in [0.25, 0.3) is 0 Å². The standard InChI is InChI=1S/C20H21ClN2O6S/c1-27-16-7-6-12(8-19(16)30(25,26)23-13-4-2-3-5-13)20(24)22-15-10-18-17(9-14(15)21)28-11-29-18/h6-10,13,23H,2-5,11H2,1H3,(H,22,24). The minimum absolute atomic E-state index is 0.0801. The van der Waals surface area contributed by atoms with E-state index in [0.717, 1.165) is 25.7 Å². The molecule has 1 fully saturated rings. The molecular formula is C20H21ClN2O6S. The first kappa shape index (κ1) is 20.8. The lowest BCUT2D eigenvalue weighted by atomic mass is 10.2. The number of nitrogens with one attached hydrogen (secondary N) is 2. The number of ether oxygens (including phenoxy) is 3. The largest absolute Gasteiger partial charge is 0.495 e. The third-order valence-corrected chi connectivity index (χ3v) is 6.96. The van der Waals surface area contributed by atoms with E-state index >= 15 is 0 Å². The second-order valence-corrected chi connectivity index (χ2v) is 9.20. The van der Waals surface area contributed by atoms with Crippen LogP contribution >= 0.6 is 11.6 Å². The zero-order valence-electron chi connectivity index (χ0n) is 16.2. The van der Waals surface area contributed by atoms with E-state index in [1.807, 2.05) is 0 Å². The van der Waals surface area contributed by atoms with Gasteiger partial charge in [0.2, 0.25) is 16.8 Å². The quantitative estimate of drug-likeness (QED) is 0.694. The number of hydrogen-bond donors (Lipinski definition) is 2. The molecule has 2 aliphatic rings. The summed E-state index contributed by atoms with van der Waals surface area (Å²) in [5.74, 6) is 0.608. The Bertz CT molecular complexity index is 1080. The van der Waals surface area contributed by atoms with Gasteiger partial charge in [0.15, 0.2) is 11.5 Å². The smallest absolute Gasteiger partial charge is 0.255 e. The number of fused-ring (bicyclic) bond motifs is 1. The van der Waals surface area contributed by atoms with Crippen LogP contribution in [0.3, 0.4) is 0 Å². The van der Waals surface area contributed by atoms with E-state index in [4.69, 9.17) is 25.8 Å². The lowest BCUT2D eigenvalue weighted by Gasteiger charge is -2.16. The van der Waals surface area contributed by atoms with Gasteiger partial charge in [-0.15, -0.1) is 0 Å². The molecule has 1 saturated carbocycles. The number of halogens is 1. The first-order chi connectivity index (χ1) is 14.4. The van der Waals surface area contributed by atoms with Crippen LogP contribution in [0.5, 0.6) is 17.2 Å². The van der Waals surface area contributed by atoms with Crippen molar-refractivity contribution in [2.24, 2.45) is 0 Å². The van der Waals surface area contributed by atoms with E-state index in [-0.39, 0.29) is 34.1 Å². The van der Waals surface area contributed by atoms with Crippen molar-refractivity contribution in [1.29, 1.82) is 0 Å². The monoisotopic (exact) mass is 452 g/mol. The van der Waals surface area contributed by atoms with Crippen LogP contribution in [-0.4, -0.2) is 34.3 Å². The zero-order chi connectivity index (χ0) is 21.3. The van der Waals surface area contributed by atoms with Crippen molar-refractivity contribution in [3.63, 3.8) is 0 Å². The lowest BCUT2D eigenvalue weighted by Crippen LogP contribution is -2.33. The minimum atomic E-state index is -3.85. The van der Waals surface area contributed by atoms with Gasteiger partial charge in [0, 0.05) is 23.7 Å². The molecule has 1 aliphatic carbocycles. The normalized spacial score (nSPS) is 15.9. The SMILES string of the molecule is COc1ccc(C(=O)Nc2cc3c(cc2Cl)OCO3)cc1S(=O)(=O)NC1CCCC1. The fourth-order valence-electron chi connectivity index (χ4n) is 3.56. The summed E-state index contributed by atoms with van der Waals surface area (Å²) in [4.78, 5) is 12.7. The van der Waals surface area contributed by atoms with E-state index in [9.17, 15) is 13.2 Å². The molecule has 1 amide bonds. The van der Waals surface area contributed by atoms with Crippen LogP contribution in [0, 0.1) is 0 Å². The Kier molecular flexibility index (Phi) is 5.77. The summed E-state index contributed by atoms with van der Waals surface area (Å²) >= 11 is 6.21. The zero-order valence-corrected chi connectivity index (χ0v) is 17.8. The van der Waals surface area contributed by atoms with Crippen molar-refractivity contribution in [3.05, 3.63) is 40.9 Å². The summed E-state index contributed by atoms with van der Waals surface area (Å²) in [6.07, 6.45) is 3.57. The molecular weight excluding hydrogens is 432 g/mol. The summed E-state index contributed by atoms with van der Waals surface area (Å²) < 4.78 is 44.3. The Balaban J connectivity index is 1.60. The number of carbonyl (C=O) groups is 1. The third-order valence-electron chi connectivity index (χ3n) is 5.10. The van der Waals surface area contributed by atoms with Crippen LogP contribution in [0.15, 0.2) is 35.2 Å². The van der Waals surface area contributed by atoms with Crippen molar-refractivity contribution in [2.75, 3.05) is 19.2 Å². The molecule has 30 heavy (non-hydrogen) atoms. The van der Waals surface area contributed by atoms with Crippen molar-refractivity contribution < 1.29 is 27.4 Å². The summed E-state index contributed by atoms with van der Waals surface area (Å²) in [6, 6.07) is 7.25. The Morgan fingerprint density at radius 2 is 1.83 bits per heavy atom. The van der Waals surface area contributed by atoms with Gasteiger partial charge in [-0.25, -0.2) is 13.1 Å². The minimum Gasteiger partial charge on any atom is -0.495 e. The molecule has 10 heteroatoms. The van der Waals surface area contributed by atoms with Crippen LogP contribution in [0.4, 0.5) is 5.69 Å². The third kappa shape index (κ3) is 4.19. The molecule has 0 bridgehead atoms. The number of methoxy groups -OCH3 is 1. The van der Waals surface area contributed by atoms with Gasteiger partial charge >= 0.3 is 0 Å². The van der Waals surface area contributed by atoms with E-state index in [0.29, 0.717) is 17.2 Å². The van der Waals surface area contributed by atoms with Crippen LogP contribution in [0.2, 0.25) is 5.02 Å². The van der Waals surface area contributed by atoms with E-state index < -0.39 is 15.9 Å². The van der Waals surface area contributed by atoms with Gasteiger partial charge in [0.25, 0.3) is 5.91 Å². The molecule has 2 aromatic rings. The lowest BCUT2D eigenvalue weighted by molar-refractivity contribution is 0.102. The molecule has 0 spiro atoms. The molecule has 2 N–H and O–H groups in total. The first-order valence-corrected chi connectivity index (χ1v) is 11.3. The number of rotatable bonds is 6. The number of anilines is 1. The Hall–Kier alpha value is -2.49. The summed E-state index contributed by atoms with van der Waals surface area (Å²) in [5, 5.41) is 2.96. The molecule has 0 aromatic heterocycles. The van der Waals surface area contributed by atoms with Gasteiger partial charge in [-0.2, -0.15) is 0 Å². The second-order valence-electron chi connectivity index (χ2n) is 7.11. The maximum atomic E-state index is 12.9. The topological polar surface area (TPSA) is 103 Å². The molecule has 0 unspecified atom stereocenters. The summed E-state index contributed by atoms with van der Waals surface area (Å²) in [5.41, 5.74) is 0.478. The van der Waals surface area contributed by atoms with Gasteiger partial charge in [-0.3, -0.25) is 4.79 Å². The Morgan fingerprint density at radius 3 is 2.53 bits per heavy atom. The molecule has 0 atom stereocenters. The highest BCUT2D eigenvalue weighted by molar-refractivity contribution is 7.89. The predicted octanol–water partition coefficient (Wildman–Crippen LogP) is 3.55. The van der Waals surface area contributed by atoms with E-state index in [1.54, 1.807) is 12.1 Å². The van der Waals surface area contributed by atoms with E-state index in [2.05, 4.69) is 10.0 Å². The van der Waals surface area contributed by atoms with Gasteiger partial charge < -0.3 is 19.5 Å². The molecule has 1 aliphatic heterocycles. The fraction of sp³-hybridized carbons (Fsp3) is 0.350. The Labute approximate surface area is 179 Å². The highest BCUT2D eigenvalue weighted by Gasteiger charge is 2.27. The molecule has 4 rings (SSSR count). The van der Waals surface area contributed by atoms with Crippen LogP contribution in [-0.2, 0) is 10.0 Å². The summed E-state index contributed by atoms with van der Waals surface area (Å²) in [7, 11) is -2.46. The fourth-order valence-corrected chi connectivity index (χ4v) is 5.26. The number of benzene rings is 2. The second kappa shape index (κ2) is 8.33. The van der Waals surface area contributed by atoms with Gasteiger partial charge in [0.1, 0.15) is 10.6 Å². The maximum absolute atomic E-state index is 12.9. The molecule has 0 radical (unpaired) electrons. The van der Waals surface area contributed by atoms with E-state index in [1.165, 1.54) is 25.3 Å².